The van der Waals surface area contributed by atoms with Crippen molar-refractivity contribution >= 4 is 37.2 Å². The molecule has 2 heterocycles. The Morgan fingerprint density at radius 3 is 2.56 bits per heavy atom. The molecule has 0 radical (unpaired) electrons. The van der Waals surface area contributed by atoms with Crippen LogP contribution in [0.25, 0.3) is 10.2 Å². The molecule has 0 aliphatic rings. The second-order valence-corrected chi connectivity index (χ2v) is 8.75. The van der Waals surface area contributed by atoms with Crippen LogP contribution in [0.3, 0.4) is 0 Å². The van der Waals surface area contributed by atoms with Crippen molar-refractivity contribution in [3.63, 3.8) is 0 Å². The maximum absolute atomic E-state index is 12.7. The topological polar surface area (TPSA) is 72.0 Å². The molecule has 0 saturated heterocycles. The highest BCUT2D eigenvalue weighted by Crippen LogP contribution is 2.26. The molecular formula is C18H21N3O2S2. The fraction of sp³-hybridized carbons (Fsp3) is 0.333. The minimum atomic E-state index is -3.35. The average Bonchev–Trinajstić information content (AvgIpc) is 3.10. The molecule has 3 aromatic rings. The van der Waals surface area contributed by atoms with E-state index in [1.165, 1.54) is 0 Å². The minimum absolute atomic E-state index is 0.0323. The van der Waals surface area contributed by atoms with Crippen LogP contribution in [0.15, 0.2) is 46.7 Å². The minimum Gasteiger partial charge on any atom is -0.366 e. The van der Waals surface area contributed by atoms with Gasteiger partial charge in [-0.25, -0.2) is 18.4 Å². The number of nitrogens with one attached hydrogen (secondary N) is 1. The first-order chi connectivity index (χ1) is 12.0. The van der Waals surface area contributed by atoms with Gasteiger partial charge in [0.25, 0.3) is 0 Å². The lowest BCUT2D eigenvalue weighted by Crippen LogP contribution is -2.29. The summed E-state index contributed by atoms with van der Waals surface area (Å²) in [6, 6.07) is 10.3. The number of anilines is 1. The van der Waals surface area contributed by atoms with E-state index in [2.05, 4.69) is 15.3 Å². The van der Waals surface area contributed by atoms with Crippen molar-refractivity contribution in [2.24, 2.45) is 0 Å². The van der Waals surface area contributed by atoms with Crippen molar-refractivity contribution in [2.45, 2.75) is 37.6 Å². The predicted molar refractivity (Wildman–Crippen MR) is 103 cm³/mol. The van der Waals surface area contributed by atoms with Gasteiger partial charge in [0.2, 0.25) is 0 Å². The van der Waals surface area contributed by atoms with Crippen molar-refractivity contribution in [1.29, 1.82) is 0 Å². The van der Waals surface area contributed by atoms with Crippen LogP contribution in [0.2, 0.25) is 0 Å². The molecule has 0 fully saturated rings. The smallest absolute Gasteiger partial charge is 0.180 e. The SMILES string of the molecule is CCc1nc(NC(CC)CS(=O)(=O)c2ccccc2)c2ccsc2n1. The van der Waals surface area contributed by atoms with Crippen LogP contribution in [-0.4, -0.2) is 30.2 Å². The molecule has 7 heteroatoms. The van der Waals surface area contributed by atoms with Gasteiger partial charge in [-0.1, -0.05) is 32.0 Å². The number of benzene rings is 1. The predicted octanol–water partition coefficient (Wildman–Crippen LogP) is 3.92. The van der Waals surface area contributed by atoms with Gasteiger partial charge in [0.15, 0.2) is 9.84 Å². The van der Waals surface area contributed by atoms with E-state index in [0.717, 1.165) is 28.3 Å². The van der Waals surface area contributed by atoms with E-state index in [9.17, 15) is 8.42 Å². The number of hydrogen-bond donors (Lipinski definition) is 1. The highest BCUT2D eigenvalue weighted by atomic mass is 32.2. The Labute approximate surface area is 152 Å². The summed E-state index contributed by atoms with van der Waals surface area (Å²) in [6.45, 7) is 3.99. The van der Waals surface area contributed by atoms with E-state index in [-0.39, 0.29) is 11.8 Å². The highest BCUT2D eigenvalue weighted by Gasteiger charge is 2.21. The van der Waals surface area contributed by atoms with Gasteiger partial charge in [0, 0.05) is 12.5 Å². The number of aromatic nitrogens is 2. The molecule has 0 saturated carbocycles. The van der Waals surface area contributed by atoms with Crippen molar-refractivity contribution in [2.75, 3.05) is 11.1 Å². The Morgan fingerprint density at radius 2 is 1.88 bits per heavy atom. The molecule has 3 rings (SSSR count). The third-order valence-electron chi connectivity index (χ3n) is 4.04. The summed E-state index contributed by atoms with van der Waals surface area (Å²) in [7, 11) is -3.35. The first-order valence-corrected chi connectivity index (χ1v) is 10.8. The molecule has 0 amide bonds. The zero-order valence-electron chi connectivity index (χ0n) is 14.3. The summed E-state index contributed by atoms with van der Waals surface area (Å²) in [5.74, 6) is 1.52. The van der Waals surface area contributed by atoms with Gasteiger partial charge in [-0.2, -0.15) is 0 Å². The summed E-state index contributed by atoms with van der Waals surface area (Å²) in [5, 5.41) is 6.25. The molecule has 0 spiro atoms. The summed E-state index contributed by atoms with van der Waals surface area (Å²) < 4.78 is 25.3. The van der Waals surface area contributed by atoms with E-state index in [0.29, 0.717) is 11.3 Å². The first kappa shape index (κ1) is 17.8. The number of rotatable bonds is 7. The standard InChI is InChI=1S/C18H21N3O2S2/c1-3-13(12-25(22,23)14-8-6-5-7-9-14)19-17-15-10-11-24-18(15)21-16(4-2)20-17/h5-11,13H,3-4,12H2,1-2H3,(H,19,20,21). The fourth-order valence-electron chi connectivity index (χ4n) is 2.61. The highest BCUT2D eigenvalue weighted by molar-refractivity contribution is 7.91. The molecule has 0 aliphatic carbocycles. The molecule has 25 heavy (non-hydrogen) atoms. The van der Waals surface area contributed by atoms with Gasteiger partial charge in [-0.3, -0.25) is 0 Å². The van der Waals surface area contributed by atoms with Crippen molar-refractivity contribution in [3.05, 3.63) is 47.6 Å². The van der Waals surface area contributed by atoms with Gasteiger partial charge in [-0.15, -0.1) is 11.3 Å². The van der Waals surface area contributed by atoms with Gasteiger partial charge in [-0.05, 0) is 30.0 Å². The molecular weight excluding hydrogens is 354 g/mol. The quantitative estimate of drug-likeness (QED) is 0.678. The third kappa shape index (κ3) is 3.99. The second kappa shape index (κ2) is 7.49. The Hall–Kier alpha value is -1.99. The zero-order valence-corrected chi connectivity index (χ0v) is 15.9. The Morgan fingerprint density at radius 1 is 1.12 bits per heavy atom. The molecule has 1 aromatic carbocycles. The molecule has 5 nitrogen and oxygen atoms in total. The lowest BCUT2D eigenvalue weighted by molar-refractivity contribution is 0.588. The van der Waals surface area contributed by atoms with E-state index >= 15 is 0 Å². The molecule has 2 aromatic heterocycles. The lowest BCUT2D eigenvalue weighted by Gasteiger charge is -2.18. The fourth-order valence-corrected chi connectivity index (χ4v) is 5.01. The van der Waals surface area contributed by atoms with Crippen LogP contribution in [0.4, 0.5) is 5.82 Å². The Balaban J connectivity index is 1.87. The van der Waals surface area contributed by atoms with Gasteiger partial charge >= 0.3 is 0 Å². The van der Waals surface area contributed by atoms with Gasteiger partial charge in [0.05, 0.1) is 16.0 Å². The molecule has 1 N–H and O–H groups in total. The molecule has 132 valence electrons. The monoisotopic (exact) mass is 375 g/mol. The van der Waals surface area contributed by atoms with Crippen LogP contribution in [0.1, 0.15) is 26.1 Å². The van der Waals surface area contributed by atoms with Crippen molar-refractivity contribution in [1.82, 2.24) is 9.97 Å². The molecule has 1 atom stereocenters. The van der Waals surface area contributed by atoms with Crippen LogP contribution < -0.4 is 5.32 Å². The van der Waals surface area contributed by atoms with E-state index in [1.807, 2.05) is 31.4 Å². The molecule has 1 unspecified atom stereocenters. The number of nitrogens with zero attached hydrogens (tertiary/aromatic N) is 2. The van der Waals surface area contributed by atoms with Crippen LogP contribution in [-0.2, 0) is 16.3 Å². The van der Waals surface area contributed by atoms with Gasteiger partial charge in [0.1, 0.15) is 16.5 Å². The summed E-state index contributed by atoms with van der Waals surface area (Å²) in [5.41, 5.74) is 0. The largest absolute Gasteiger partial charge is 0.366 e. The van der Waals surface area contributed by atoms with Crippen LogP contribution in [0.5, 0.6) is 0 Å². The lowest BCUT2D eigenvalue weighted by atomic mass is 10.2. The summed E-state index contributed by atoms with van der Waals surface area (Å²) >= 11 is 1.57. The van der Waals surface area contributed by atoms with Crippen molar-refractivity contribution < 1.29 is 8.42 Å². The van der Waals surface area contributed by atoms with E-state index in [1.54, 1.807) is 35.6 Å². The molecule has 0 aliphatic heterocycles. The van der Waals surface area contributed by atoms with E-state index in [4.69, 9.17) is 0 Å². The summed E-state index contributed by atoms with van der Waals surface area (Å²) in [4.78, 5) is 10.4. The normalized spacial score (nSPS) is 13.0. The number of fused-ring (bicyclic) bond motifs is 1. The zero-order chi connectivity index (χ0) is 17.9. The number of hydrogen-bond acceptors (Lipinski definition) is 6. The maximum Gasteiger partial charge on any atom is 0.180 e. The Bertz CT molecular complexity index is 953. The van der Waals surface area contributed by atoms with E-state index < -0.39 is 9.84 Å². The number of aryl methyl sites for hydroxylation is 1. The third-order valence-corrected chi connectivity index (χ3v) is 6.68. The van der Waals surface area contributed by atoms with Gasteiger partial charge < -0.3 is 5.32 Å². The molecule has 0 bridgehead atoms. The van der Waals surface area contributed by atoms with Crippen LogP contribution >= 0.6 is 11.3 Å². The average molecular weight is 376 g/mol. The van der Waals surface area contributed by atoms with Crippen molar-refractivity contribution in [3.8, 4) is 0 Å². The summed E-state index contributed by atoms with van der Waals surface area (Å²) in [6.07, 6.45) is 1.42. The Kier molecular flexibility index (Phi) is 5.34. The number of sulfone groups is 1. The maximum atomic E-state index is 12.7. The first-order valence-electron chi connectivity index (χ1n) is 8.32. The second-order valence-electron chi connectivity index (χ2n) is 5.83. The van der Waals surface area contributed by atoms with Crippen LogP contribution in [0, 0.1) is 0 Å². The number of thiophene rings is 1.